The number of hydrogen-bond acceptors (Lipinski definition) is 4. The lowest BCUT2D eigenvalue weighted by Gasteiger charge is -2.11. The van der Waals surface area contributed by atoms with Crippen LogP contribution in [0.5, 0.6) is 0 Å². The fraction of sp³-hybridized carbons (Fsp3) is 0. The van der Waals surface area contributed by atoms with Gasteiger partial charge in [-0.15, -0.1) is 0 Å². The van der Waals surface area contributed by atoms with E-state index >= 15 is 0 Å². The van der Waals surface area contributed by atoms with Crippen molar-refractivity contribution in [2.75, 3.05) is 0 Å². The fourth-order valence-electron chi connectivity index (χ4n) is 2.23. The molecule has 0 saturated carbocycles. The SMILES string of the molecule is O=C(O)c1cc(C(=O)O)cc(-c2cccc(C(=O)O)c2C(=O)O)c1. The molecule has 0 unspecified atom stereocenters. The lowest BCUT2D eigenvalue weighted by atomic mass is 9.93. The molecule has 0 bridgehead atoms. The van der Waals surface area contributed by atoms with Crippen LogP contribution < -0.4 is 0 Å². The molecule has 0 aromatic heterocycles. The first kappa shape index (κ1) is 16.7. The molecule has 0 aliphatic rings. The van der Waals surface area contributed by atoms with Gasteiger partial charge in [-0.1, -0.05) is 12.1 Å². The molecule has 0 amide bonds. The Labute approximate surface area is 134 Å². The molecule has 0 heterocycles. The van der Waals surface area contributed by atoms with Crippen molar-refractivity contribution in [2.24, 2.45) is 0 Å². The average molecular weight is 330 g/mol. The molecule has 4 N–H and O–H groups in total. The first-order chi connectivity index (χ1) is 11.2. The smallest absolute Gasteiger partial charge is 0.337 e. The van der Waals surface area contributed by atoms with Crippen molar-refractivity contribution in [1.82, 2.24) is 0 Å². The van der Waals surface area contributed by atoms with Gasteiger partial charge in [0.1, 0.15) is 0 Å². The van der Waals surface area contributed by atoms with E-state index in [0.29, 0.717) is 0 Å². The summed E-state index contributed by atoms with van der Waals surface area (Å²) in [6.45, 7) is 0. The van der Waals surface area contributed by atoms with Crippen molar-refractivity contribution in [2.45, 2.75) is 0 Å². The fourth-order valence-corrected chi connectivity index (χ4v) is 2.23. The molecular formula is C16H10O8. The molecule has 0 aliphatic carbocycles. The Balaban J connectivity index is 2.83. The second-order valence-electron chi connectivity index (χ2n) is 4.75. The summed E-state index contributed by atoms with van der Waals surface area (Å²) in [4.78, 5) is 45.0. The van der Waals surface area contributed by atoms with Crippen LogP contribution in [0, 0.1) is 0 Å². The normalized spacial score (nSPS) is 10.2. The van der Waals surface area contributed by atoms with E-state index < -0.39 is 35.0 Å². The number of carbonyl (C=O) groups is 4. The number of benzene rings is 2. The molecular weight excluding hydrogens is 320 g/mol. The topological polar surface area (TPSA) is 149 Å². The van der Waals surface area contributed by atoms with E-state index in [1.165, 1.54) is 12.1 Å². The van der Waals surface area contributed by atoms with Gasteiger partial charge in [-0.05, 0) is 35.4 Å². The third-order valence-corrected chi connectivity index (χ3v) is 3.25. The van der Waals surface area contributed by atoms with Crippen LogP contribution in [0.1, 0.15) is 41.4 Å². The Morgan fingerprint density at radius 1 is 0.667 bits per heavy atom. The Morgan fingerprint density at radius 3 is 1.62 bits per heavy atom. The Kier molecular flexibility index (Phi) is 4.32. The van der Waals surface area contributed by atoms with Gasteiger partial charge in [-0.2, -0.15) is 0 Å². The summed E-state index contributed by atoms with van der Waals surface area (Å²) in [6, 6.07) is 6.76. The van der Waals surface area contributed by atoms with Gasteiger partial charge < -0.3 is 20.4 Å². The standard InChI is InChI=1S/C16H10O8/c17-13(18)8-4-7(5-9(6-8)14(19)20)10-2-1-3-11(15(21)22)12(10)16(23)24/h1-6H,(H,17,18)(H,19,20)(H,21,22)(H,23,24). The molecule has 0 saturated heterocycles. The second-order valence-corrected chi connectivity index (χ2v) is 4.75. The highest BCUT2D eigenvalue weighted by Gasteiger charge is 2.22. The van der Waals surface area contributed by atoms with E-state index in [1.807, 2.05) is 0 Å². The molecule has 0 spiro atoms. The van der Waals surface area contributed by atoms with Crippen LogP contribution in [0.15, 0.2) is 36.4 Å². The van der Waals surface area contributed by atoms with Crippen molar-refractivity contribution in [3.63, 3.8) is 0 Å². The maximum atomic E-state index is 11.5. The zero-order valence-electron chi connectivity index (χ0n) is 11.9. The minimum Gasteiger partial charge on any atom is -0.478 e. The molecule has 0 fully saturated rings. The van der Waals surface area contributed by atoms with Gasteiger partial charge in [-0.25, -0.2) is 19.2 Å². The lowest BCUT2D eigenvalue weighted by molar-refractivity contribution is 0.0652. The molecule has 2 aromatic carbocycles. The van der Waals surface area contributed by atoms with Gasteiger partial charge in [0.15, 0.2) is 0 Å². The highest BCUT2D eigenvalue weighted by Crippen LogP contribution is 2.29. The molecule has 8 heteroatoms. The molecule has 0 radical (unpaired) electrons. The minimum atomic E-state index is -1.53. The summed E-state index contributed by atoms with van der Waals surface area (Å²) in [5.74, 6) is -5.79. The Hall–Kier alpha value is -3.68. The van der Waals surface area contributed by atoms with Gasteiger partial charge in [-0.3, -0.25) is 0 Å². The zero-order chi connectivity index (χ0) is 18.0. The third kappa shape index (κ3) is 3.07. The van der Waals surface area contributed by atoms with Crippen molar-refractivity contribution in [3.05, 3.63) is 58.7 Å². The van der Waals surface area contributed by atoms with Crippen LogP contribution in [-0.2, 0) is 0 Å². The van der Waals surface area contributed by atoms with Crippen LogP contribution in [-0.4, -0.2) is 44.3 Å². The van der Waals surface area contributed by atoms with E-state index in [1.54, 1.807) is 0 Å². The summed E-state index contributed by atoms with van der Waals surface area (Å²) in [5, 5.41) is 36.6. The first-order valence-corrected chi connectivity index (χ1v) is 6.44. The molecule has 0 aliphatic heterocycles. The lowest BCUT2D eigenvalue weighted by Crippen LogP contribution is -2.10. The summed E-state index contributed by atoms with van der Waals surface area (Å²) in [6.07, 6.45) is 0. The molecule has 2 aromatic rings. The Bertz CT molecular complexity index is 849. The van der Waals surface area contributed by atoms with E-state index in [2.05, 4.69) is 0 Å². The van der Waals surface area contributed by atoms with E-state index in [-0.39, 0.29) is 22.3 Å². The summed E-state index contributed by atoms with van der Waals surface area (Å²) < 4.78 is 0. The van der Waals surface area contributed by atoms with Crippen molar-refractivity contribution >= 4 is 23.9 Å². The average Bonchev–Trinajstić information content (AvgIpc) is 2.53. The van der Waals surface area contributed by atoms with Crippen molar-refractivity contribution in [1.29, 1.82) is 0 Å². The zero-order valence-corrected chi connectivity index (χ0v) is 11.9. The summed E-state index contributed by atoms with van der Waals surface area (Å²) >= 11 is 0. The first-order valence-electron chi connectivity index (χ1n) is 6.44. The predicted octanol–water partition coefficient (Wildman–Crippen LogP) is 2.15. The quantitative estimate of drug-likeness (QED) is 0.651. The number of hydrogen-bond donors (Lipinski definition) is 4. The van der Waals surface area contributed by atoms with Gasteiger partial charge >= 0.3 is 23.9 Å². The van der Waals surface area contributed by atoms with Gasteiger partial charge in [0.2, 0.25) is 0 Å². The third-order valence-electron chi connectivity index (χ3n) is 3.25. The van der Waals surface area contributed by atoms with Crippen LogP contribution in [0.3, 0.4) is 0 Å². The second kappa shape index (κ2) is 6.21. The highest BCUT2D eigenvalue weighted by molar-refractivity contribution is 6.07. The number of carboxylic acid groups (broad SMARTS) is 4. The highest BCUT2D eigenvalue weighted by atomic mass is 16.4. The van der Waals surface area contributed by atoms with Gasteiger partial charge in [0.05, 0.1) is 22.3 Å². The molecule has 8 nitrogen and oxygen atoms in total. The van der Waals surface area contributed by atoms with Crippen LogP contribution in [0.2, 0.25) is 0 Å². The minimum absolute atomic E-state index is 0.0206. The molecule has 122 valence electrons. The maximum absolute atomic E-state index is 11.5. The van der Waals surface area contributed by atoms with Gasteiger partial charge in [0, 0.05) is 0 Å². The molecule has 2 rings (SSSR count). The van der Waals surface area contributed by atoms with E-state index in [0.717, 1.165) is 24.3 Å². The van der Waals surface area contributed by atoms with Crippen LogP contribution >= 0.6 is 0 Å². The maximum Gasteiger partial charge on any atom is 0.337 e. The van der Waals surface area contributed by atoms with E-state index in [4.69, 9.17) is 15.3 Å². The monoisotopic (exact) mass is 330 g/mol. The van der Waals surface area contributed by atoms with Gasteiger partial charge in [0.25, 0.3) is 0 Å². The molecule has 0 atom stereocenters. The van der Waals surface area contributed by atoms with Crippen molar-refractivity contribution < 1.29 is 39.6 Å². The summed E-state index contributed by atoms with van der Waals surface area (Å²) in [5.41, 5.74) is -1.87. The molecule has 24 heavy (non-hydrogen) atoms. The Morgan fingerprint density at radius 2 is 1.21 bits per heavy atom. The number of aromatic carboxylic acids is 4. The van der Waals surface area contributed by atoms with Crippen molar-refractivity contribution in [3.8, 4) is 11.1 Å². The number of rotatable bonds is 5. The van der Waals surface area contributed by atoms with E-state index in [9.17, 15) is 24.3 Å². The number of carboxylic acids is 4. The largest absolute Gasteiger partial charge is 0.478 e. The predicted molar refractivity (Wildman–Crippen MR) is 79.7 cm³/mol. The summed E-state index contributed by atoms with van der Waals surface area (Å²) in [7, 11) is 0. The van der Waals surface area contributed by atoms with Crippen LogP contribution in [0.4, 0.5) is 0 Å². The van der Waals surface area contributed by atoms with Crippen LogP contribution in [0.25, 0.3) is 11.1 Å².